The Morgan fingerprint density at radius 1 is 0.844 bits per heavy atom. The molecule has 0 aromatic heterocycles. The Kier molecular flexibility index (Phi) is 7.86. The summed E-state index contributed by atoms with van der Waals surface area (Å²) in [6, 6.07) is 22.3. The molecule has 8 heteroatoms. The van der Waals surface area contributed by atoms with Gasteiger partial charge in [0.05, 0.1) is 4.90 Å². The molecule has 0 saturated carbocycles. The zero-order chi connectivity index (χ0) is 23.0. The van der Waals surface area contributed by atoms with Crippen molar-refractivity contribution in [2.24, 2.45) is 5.92 Å². The van der Waals surface area contributed by atoms with E-state index in [2.05, 4.69) is 10.0 Å². The lowest BCUT2D eigenvalue weighted by Gasteiger charge is -2.11. The number of benzene rings is 3. The van der Waals surface area contributed by atoms with E-state index in [0.717, 1.165) is 5.75 Å². The third-order valence-electron chi connectivity index (χ3n) is 4.30. The fourth-order valence-electron chi connectivity index (χ4n) is 2.65. The number of para-hydroxylation sites is 1. The molecule has 0 saturated heterocycles. The van der Waals surface area contributed by atoms with Gasteiger partial charge in [-0.3, -0.25) is 4.79 Å². The van der Waals surface area contributed by atoms with E-state index in [1.807, 2.05) is 44.2 Å². The maximum Gasteiger partial charge on any atom is 0.262 e. The molecule has 1 amide bonds. The van der Waals surface area contributed by atoms with Gasteiger partial charge in [0.25, 0.3) is 5.91 Å². The molecular weight excluding hydrogens is 428 g/mol. The van der Waals surface area contributed by atoms with Crippen molar-refractivity contribution in [3.8, 4) is 17.2 Å². The maximum absolute atomic E-state index is 12.2. The molecule has 0 heterocycles. The molecule has 0 radical (unpaired) electrons. The van der Waals surface area contributed by atoms with Gasteiger partial charge in [0.2, 0.25) is 10.0 Å². The summed E-state index contributed by atoms with van der Waals surface area (Å²) in [6.07, 6.45) is 0. The van der Waals surface area contributed by atoms with Gasteiger partial charge in [-0.05, 0) is 66.6 Å². The fraction of sp³-hybridized carbons (Fsp3) is 0.208. The smallest absolute Gasteiger partial charge is 0.262 e. The summed E-state index contributed by atoms with van der Waals surface area (Å²) < 4.78 is 38.2. The van der Waals surface area contributed by atoms with Gasteiger partial charge in [0.1, 0.15) is 17.2 Å². The van der Waals surface area contributed by atoms with Crippen molar-refractivity contribution in [3.05, 3.63) is 78.9 Å². The van der Waals surface area contributed by atoms with E-state index in [9.17, 15) is 13.2 Å². The van der Waals surface area contributed by atoms with Crippen LogP contribution in [0.1, 0.15) is 13.8 Å². The molecule has 2 N–H and O–H groups in total. The number of amides is 1. The van der Waals surface area contributed by atoms with E-state index in [1.54, 1.807) is 24.3 Å². The quantitative estimate of drug-likeness (QED) is 0.473. The SMILES string of the molecule is CC(C)CNS(=O)(=O)c1ccc(OCC(=O)Nc2ccc(Oc3ccccc3)cc2)cc1. The highest BCUT2D eigenvalue weighted by Crippen LogP contribution is 2.22. The second-order valence-corrected chi connectivity index (χ2v) is 9.26. The van der Waals surface area contributed by atoms with Gasteiger partial charge in [0, 0.05) is 12.2 Å². The van der Waals surface area contributed by atoms with Gasteiger partial charge in [-0.25, -0.2) is 13.1 Å². The largest absolute Gasteiger partial charge is 0.484 e. The summed E-state index contributed by atoms with van der Waals surface area (Å²) in [6.45, 7) is 4.01. The summed E-state index contributed by atoms with van der Waals surface area (Å²) in [5.41, 5.74) is 0.608. The molecule has 0 unspecified atom stereocenters. The van der Waals surface area contributed by atoms with Crippen LogP contribution in [0.3, 0.4) is 0 Å². The van der Waals surface area contributed by atoms with Crippen LogP contribution in [0.4, 0.5) is 5.69 Å². The van der Waals surface area contributed by atoms with Crippen LogP contribution < -0.4 is 19.5 Å². The molecule has 3 aromatic rings. The highest BCUT2D eigenvalue weighted by molar-refractivity contribution is 7.89. The highest BCUT2D eigenvalue weighted by Gasteiger charge is 2.14. The number of anilines is 1. The molecule has 0 aliphatic carbocycles. The van der Waals surface area contributed by atoms with Crippen molar-refractivity contribution in [2.75, 3.05) is 18.5 Å². The van der Waals surface area contributed by atoms with Crippen LogP contribution in [0.25, 0.3) is 0 Å². The van der Waals surface area contributed by atoms with Crippen molar-refractivity contribution >= 4 is 21.6 Å². The van der Waals surface area contributed by atoms with E-state index in [-0.39, 0.29) is 23.3 Å². The van der Waals surface area contributed by atoms with E-state index in [1.165, 1.54) is 24.3 Å². The topological polar surface area (TPSA) is 93.7 Å². The second-order valence-electron chi connectivity index (χ2n) is 7.49. The first-order valence-corrected chi connectivity index (χ1v) is 11.7. The molecule has 3 aromatic carbocycles. The van der Waals surface area contributed by atoms with E-state index in [0.29, 0.717) is 23.7 Å². The minimum Gasteiger partial charge on any atom is -0.484 e. The Balaban J connectivity index is 1.48. The second kappa shape index (κ2) is 10.8. The lowest BCUT2D eigenvalue weighted by atomic mass is 10.2. The van der Waals surface area contributed by atoms with Crippen LogP contribution in [0.2, 0.25) is 0 Å². The maximum atomic E-state index is 12.2. The molecule has 32 heavy (non-hydrogen) atoms. The van der Waals surface area contributed by atoms with Crippen LogP contribution in [-0.2, 0) is 14.8 Å². The summed E-state index contributed by atoms with van der Waals surface area (Å²) in [5.74, 6) is 1.65. The zero-order valence-electron chi connectivity index (χ0n) is 17.9. The molecular formula is C24H26N2O5S. The standard InChI is InChI=1S/C24H26N2O5S/c1-18(2)16-25-32(28,29)23-14-12-20(13-15-23)30-17-24(27)26-19-8-10-22(11-9-19)31-21-6-4-3-5-7-21/h3-15,18,25H,16-17H2,1-2H3,(H,26,27). The van der Waals surface area contributed by atoms with E-state index < -0.39 is 10.0 Å². The van der Waals surface area contributed by atoms with Crippen LogP contribution in [0.5, 0.6) is 17.2 Å². The number of rotatable bonds is 10. The van der Waals surface area contributed by atoms with Gasteiger partial charge < -0.3 is 14.8 Å². The Hall–Kier alpha value is -3.36. The molecule has 0 spiro atoms. The van der Waals surface area contributed by atoms with E-state index in [4.69, 9.17) is 9.47 Å². The normalized spacial score (nSPS) is 11.2. The van der Waals surface area contributed by atoms with Crippen LogP contribution in [0, 0.1) is 5.92 Å². The Labute approximate surface area is 188 Å². The number of hydrogen-bond donors (Lipinski definition) is 2. The van der Waals surface area contributed by atoms with Crippen LogP contribution in [-0.4, -0.2) is 27.5 Å². The summed E-state index contributed by atoms with van der Waals surface area (Å²) in [7, 11) is -3.56. The molecule has 0 bridgehead atoms. The van der Waals surface area contributed by atoms with Gasteiger partial charge in [0.15, 0.2) is 6.61 Å². The third kappa shape index (κ3) is 7.11. The monoisotopic (exact) mass is 454 g/mol. The van der Waals surface area contributed by atoms with E-state index >= 15 is 0 Å². The lowest BCUT2D eigenvalue weighted by Crippen LogP contribution is -2.27. The predicted molar refractivity (Wildman–Crippen MR) is 124 cm³/mol. The molecule has 0 fully saturated rings. The van der Waals surface area contributed by atoms with Crippen molar-refractivity contribution in [1.82, 2.24) is 4.72 Å². The number of carbonyl (C=O) groups is 1. The Morgan fingerprint density at radius 3 is 2.06 bits per heavy atom. The Bertz CT molecular complexity index is 1110. The van der Waals surface area contributed by atoms with Gasteiger partial charge in [-0.15, -0.1) is 0 Å². The molecule has 3 rings (SSSR count). The molecule has 0 aliphatic heterocycles. The average Bonchev–Trinajstić information content (AvgIpc) is 2.79. The van der Waals surface area contributed by atoms with Crippen molar-refractivity contribution < 1.29 is 22.7 Å². The Morgan fingerprint density at radius 2 is 1.44 bits per heavy atom. The number of sulfonamides is 1. The fourth-order valence-corrected chi connectivity index (χ4v) is 3.87. The summed E-state index contributed by atoms with van der Waals surface area (Å²) in [5, 5.41) is 2.74. The highest BCUT2D eigenvalue weighted by atomic mass is 32.2. The van der Waals surface area contributed by atoms with Gasteiger partial charge in [-0.1, -0.05) is 32.0 Å². The van der Waals surface area contributed by atoms with Crippen molar-refractivity contribution in [2.45, 2.75) is 18.7 Å². The van der Waals surface area contributed by atoms with Crippen molar-refractivity contribution in [3.63, 3.8) is 0 Å². The molecule has 7 nitrogen and oxygen atoms in total. The summed E-state index contributed by atoms with van der Waals surface area (Å²) in [4.78, 5) is 12.3. The van der Waals surface area contributed by atoms with Gasteiger partial charge >= 0.3 is 0 Å². The number of carbonyl (C=O) groups excluding carboxylic acids is 1. The summed E-state index contributed by atoms with van der Waals surface area (Å²) >= 11 is 0. The number of ether oxygens (including phenoxy) is 2. The molecule has 168 valence electrons. The predicted octanol–water partition coefficient (Wildman–Crippen LogP) is 4.43. The minimum atomic E-state index is -3.56. The molecule has 0 aliphatic rings. The first-order chi connectivity index (χ1) is 15.3. The third-order valence-corrected chi connectivity index (χ3v) is 5.74. The number of nitrogens with one attached hydrogen (secondary N) is 2. The molecule has 0 atom stereocenters. The zero-order valence-corrected chi connectivity index (χ0v) is 18.8. The van der Waals surface area contributed by atoms with Crippen LogP contribution >= 0.6 is 0 Å². The first kappa shape index (κ1) is 23.3. The average molecular weight is 455 g/mol. The van der Waals surface area contributed by atoms with Crippen molar-refractivity contribution in [1.29, 1.82) is 0 Å². The lowest BCUT2D eigenvalue weighted by molar-refractivity contribution is -0.118. The minimum absolute atomic E-state index is 0.146. The first-order valence-electron chi connectivity index (χ1n) is 10.2. The van der Waals surface area contributed by atoms with Gasteiger partial charge in [-0.2, -0.15) is 0 Å². The number of hydrogen-bond acceptors (Lipinski definition) is 5. The van der Waals surface area contributed by atoms with Crippen LogP contribution in [0.15, 0.2) is 83.8 Å².